The maximum atomic E-state index is 9.68. The van der Waals surface area contributed by atoms with Gasteiger partial charge in [0.25, 0.3) is 0 Å². The van der Waals surface area contributed by atoms with Crippen molar-refractivity contribution >= 4 is 23.1 Å². The zero-order valence-electron chi connectivity index (χ0n) is 16.5. The molecule has 10 nitrogen and oxygen atoms in total. The predicted molar refractivity (Wildman–Crippen MR) is 112 cm³/mol. The van der Waals surface area contributed by atoms with E-state index in [0.717, 1.165) is 30.6 Å². The summed E-state index contributed by atoms with van der Waals surface area (Å²) in [6, 6.07) is 5.80. The molecule has 154 valence electrons. The molecule has 5 rings (SSSR count). The van der Waals surface area contributed by atoms with E-state index in [4.69, 9.17) is 9.72 Å². The monoisotopic (exact) mass is 406 g/mol. The van der Waals surface area contributed by atoms with E-state index >= 15 is 0 Å². The van der Waals surface area contributed by atoms with Gasteiger partial charge in [0.05, 0.1) is 44.0 Å². The molecule has 5 heterocycles. The number of nitrogens with one attached hydrogen (secondary N) is 1. The molecule has 0 radical (unpaired) electrons. The third-order valence-electron chi connectivity index (χ3n) is 5.29. The molecule has 4 aromatic rings. The van der Waals surface area contributed by atoms with Crippen molar-refractivity contribution in [1.82, 2.24) is 29.1 Å². The first kappa shape index (κ1) is 18.4. The lowest BCUT2D eigenvalue weighted by Gasteiger charge is -2.23. The van der Waals surface area contributed by atoms with E-state index in [1.165, 1.54) is 0 Å². The summed E-state index contributed by atoms with van der Waals surface area (Å²) in [6.45, 7) is 0.920. The quantitative estimate of drug-likeness (QED) is 0.501. The van der Waals surface area contributed by atoms with Crippen LogP contribution in [0.15, 0.2) is 49.3 Å². The molecule has 0 amide bonds. The molecule has 4 aromatic heterocycles. The van der Waals surface area contributed by atoms with Crippen LogP contribution in [0.25, 0.3) is 11.2 Å². The summed E-state index contributed by atoms with van der Waals surface area (Å²) in [6.07, 6.45) is 10.8. The summed E-state index contributed by atoms with van der Waals surface area (Å²) >= 11 is 0. The summed E-state index contributed by atoms with van der Waals surface area (Å²) < 4.78 is 8.89. The van der Waals surface area contributed by atoms with Gasteiger partial charge in [-0.1, -0.05) is 0 Å². The number of hydrogen-bond donors (Lipinski definition) is 2. The molecule has 1 aliphatic rings. The van der Waals surface area contributed by atoms with Crippen molar-refractivity contribution in [1.29, 1.82) is 0 Å². The van der Waals surface area contributed by atoms with Crippen LogP contribution in [-0.4, -0.2) is 60.5 Å². The third-order valence-corrected chi connectivity index (χ3v) is 5.29. The van der Waals surface area contributed by atoms with Crippen molar-refractivity contribution in [3.05, 3.63) is 49.3 Å². The van der Waals surface area contributed by atoms with E-state index in [1.54, 1.807) is 30.3 Å². The van der Waals surface area contributed by atoms with Gasteiger partial charge in [0.15, 0.2) is 5.82 Å². The molecule has 1 aliphatic heterocycles. The first-order valence-corrected chi connectivity index (χ1v) is 9.78. The third kappa shape index (κ3) is 3.30. The van der Waals surface area contributed by atoms with Gasteiger partial charge in [-0.25, -0.2) is 9.50 Å². The number of nitrogens with zero attached hydrogens (tertiary/aromatic N) is 7. The number of imidazole rings is 1. The second kappa shape index (κ2) is 7.64. The van der Waals surface area contributed by atoms with Crippen LogP contribution in [0.4, 0.5) is 17.6 Å². The molecule has 0 aromatic carbocycles. The second-order valence-electron chi connectivity index (χ2n) is 7.14. The maximum Gasteiger partial charge on any atom is 0.245 e. The molecule has 1 unspecified atom stereocenters. The fraction of sp³-hybridized carbons (Fsp3) is 0.300. The Balaban J connectivity index is 1.47. The summed E-state index contributed by atoms with van der Waals surface area (Å²) in [5, 5.41) is 17.6. The minimum atomic E-state index is 0.0469. The van der Waals surface area contributed by atoms with E-state index in [9.17, 15) is 5.11 Å². The van der Waals surface area contributed by atoms with Gasteiger partial charge >= 0.3 is 0 Å². The molecule has 0 aliphatic carbocycles. The van der Waals surface area contributed by atoms with Crippen LogP contribution in [-0.2, 0) is 0 Å². The fourth-order valence-electron chi connectivity index (χ4n) is 3.74. The number of fused-ring (bicyclic) bond motifs is 1. The Hall–Kier alpha value is -3.66. The number of ether oxygens (including phenoxy) is 1. The summed E-state index contributed by atoms with van der Waals surface area (Å²) in [5.74, 6) is 2.57. The van der Waals surface area contributed by atoms with Crippen LogP contribution >= 0.6 is 0 Å². The van der Waals surface area contributed by atoms with Crippen molar-refractivity contribution in [2.45, 2.75) is 18.9 Å². The minimum Gasteiger partial charge on any atom is -0.495 e. The Kier molecular flexibility index (Phi) is 4.68. The number of hydrogen-bond acceptors (Lipinski definition) is 8. The van der Waals surface area contributed by atoms with Crippen LogP contribution in [0.1, 0.15) is 12.8 Å². The Bertz CT molecular complexity index is 1170. The van der Waals surface area contributed by atoms with Gasteiger partial charge in [-0.15, -0.1) is 5.10 Å². The number of pyridine rings is 1. The highest BCUT2D eigenvalue weighted by Crippen LogP contribution is 2.26. The van der Waals surface area contributed by atoms with Gasteiger partial charge in [0, 0.05) is 18.8 Å². The molecule has 2 N–H and O–H groups in total. The topological polar surface area (TPSA) is 106 Å². The van der Waals surface area contributed by atoms with Crippen molar-refractivity contribution in [2.75, 3.05) is 30.5 Å². The molecule has 0 saturated carbocycles. The molecular weight excluding hydrogens is 384 g/mol. The molecular formula is C20H22N8O2. The fourth-order valence-corrected chi connectivity index (χ4v) is 3.74. The molecule has 30 heavy (non-hydrogen) atoms. The Labute approximate surface area is 172 Å². The SMILES string of the molecule is COc1cncc(-n2cnc(Nc3nc(N4CCCC4CO)nn4cccc34)c2)c1. The molecule has 0 bridgehead atoms. The zero-order chi connectivity index (χ0) is 20.5. The van der Waals surface area contributed by atoms with E-state index < -0.39 is 0 Å². The average molecular weight is 406 g/mol. The molecule has 1 atom stereocenters. The van der Waals surface area contributed by atoms with E-state index in [0.29, 0.717) is 23.3 Å². The lowest BCUT2D eigenvalue weighted by molar-refractivity contribution is 0.265. The highest BCUT2D eigenvalue weighted by atomic mass is 16.5. The van der Waals surface area contributed by atoms with Crippen LogP contribution in [0.3, 0.4) is 0 Å². The number of methoxy groups -OCH3 is 1. The van der Waals surface area contributed by atoms with Gasteiger partial charge in [0.2, 0.25) is 5.95 Å². The molecule has 0 spiro atoms. The molecule has 1 saturated heterocycles. The normalized spacial score (nSPS) is 16.3. The van der Waals surface area contributed by atoms with Crippen LogP contribution in [0, 0.1) is 0 Å². The Morgan fingerprint density at radius 2 is 2.27 bits per heavy atom. The maximum absolute atomic E-state index is 9.68. The number of rotatable bonds is 6. The van der Waals surface area contributed by atoms with Crippen molar-refractivity contribution in [3.8, 4) is 11.4 Å². The number of anilines is 3. The highest BCUT2D eigenvalue weighted by molar-refractivity contribution is 5.73. The number of aliphatic hydroxyl groups is 1. The number of aliphatic hydroxyl groups excluding tert-OH is 1. The Morgan fingerprint density at radius 3 is 3.13 bits per heavy atom. The summed E-state index contributed by atoms with van der Waals surface area (Å²) in [5.41, 5.74) is 1.69. The second-order valence-corrected chi connectivity index (χ2v) is 7.14. The van der Waals surface area contributed by atoms with Crippen LogP contribution < -0.4 is 15.0 Å². The largest absolute Gasteiger partial charge is 0.495 e. The average Bonchev–Trinajstić information content (AvgIpc) is 3.53. The van der Waals surface area contributed by atoms with E-state index in [1.807, 2.05) is 35.2 Å². The van der Waals surface area contributed by atoms with Crippen LogP contribution in [0.2, 0.25) is 0 Å². The van der Waals surface area contributed by atoms with Crippen molar-refractivity contribution in [3.63, 3.8) is 0 Å². The van der Waals surface area contributed by atoms with Crippen LogP contribution in [0.5, 0.6) is 5.75 Å². The van der Waals surface area contributed by atoms with Gasteiger partial charge in [-0.05, 0) is 25.0 Å². The van der Waals surface area contributed by atoms with Crippen molar-refractivity contribution < 1.29 is 9.84 Å². The Morgan fingerprint density at radius 1 is 1.33 bits per heavy atom. The van der Waals surface area contributed by atoms with E-state index in [-0.39, 0.29) is 12.6 Å². The highest BCUT2D eigenvalue weighted by Gasteiger charge is 2.27. The first-order valence-electron chi connectivity index (χ1n) is 9.78. The van der Waals surface area contributed by atoms with Gasteiger partial charge in [-0.2, -0.15) is 4.98 Å². The summed E-state index contributed by atoms with van der Waals surface area (Å²) in [4.78, 5) is 15.4. The lowest BCUT2D eigenvalue weighted by Crippen LogP contribution is -2.34. The first-order chi connectivity index (χ1) is 14.7. The lowest BCUT2D eigenvalue weighted by atomic mass is 10.2. The predicted octanol–water partition coefficient (Wildman–Crippen LogP) is 2.02. The standard InChI is InChI=1S/C20H22N8O2/c1-30-16-8-15(9-21-10-16)26-11-18(22-13-26)23-19-17-5-3-7-28(17)25-20(24-19)27-6-2-4-14(27)12-29/h3,5,7-11,13-14,29H,2,4,6,12H2,1H3,(H,23,24,25). The van der Waals surface area contributed by atoms with Gasteiger partial charge in [-0.3, -0.25) is 4.98 Å². The zero-order valence-corrected chi connectivity index (χ0v) is 16.5. The van der Waals surface area contributed by atoms with Gasteiger partial charge < -0.3 is 24.6 Å². The molecule has 10 heteroatoms. The smallest absolute Gasteiger partial charge is 0.245 e. The van der Waals surface area contributed by atoms with Crippen molar-refractivity contribution in [2.24, 2.45) is 0 Å². The van der Waals surface area contributed by atoms with Gasteiger partial charge in [0.1, 0.15) is 23.4 Å². The minimum absolute atomic E-state index is 0.0469. The number of aromatic nitrogens is 6. The summed E-state index contributed by atoms with van der Waals surface area (Å²) in [7, 11) is 1.61. The molecule has 1 fully saturated rings. The van der Waals surface area contributed by atoms with E-state index in [2.05, 4.69) is 25.3 Å².